The van der Waals surface area contributed by atoms with Crippen molar-refractivity contribution in [1.82, 2.24) is 0 Å². The lowest BCUT2D eigenvalue weighted by Gasteiger charge is -2.26. The molecule has 3 aromatic rings. The molecule has 0 aliphatic carbocycles. The van der Waals surface area contributed by atoms with Crippen LogP contribution < -0.4 is 9.80 Å². The van der Waals surface area contributed by atoms with Gasteiger partial charge in [-0.2, -0.15) is 0 Å². The molecule has 2 amide bonds. The van der Waals surface area contributed by atoms with E-state index in [0.29, 0.717) is 23.4 Å². The number of rotatable bonds is 5. The summed E-state index contributed by atoms with van der Waals surface area (Å²) in [6, 6.07) is 23.8. The molecular formula is C25H24N2O3. The lowest BCUT2D eigenvalue weighted by Crippen LogP contribution is -2.46. The van der Waals surface area contributed by atoms with E-state index >= 15 is 0 Å². The second-order valence-electron chi connectivity index (χ2n) is 7.46. The number of fused-ring (bicyclic) bond motifs is 1. The summed E-state index contributed by atoms with van der Waals surface area (Å²) in [5.74, 6) is -0.716. The quantitative estimate of drug-likeness (QED) is 0.711. The molecule has 4 rings (SSSR count). The van der Waals surface area contributed by atoms with Crippen molar-refractivity contribution < 1.29 is 14.7 Å². The standard InChI is InChI=1S/C25H24N2O3/c1-3-26(20-12-5-4-6-13-20)23(28)17-27-22-15-8-7-14-21(22)25(30,24(27)29)19-11-9-10-18(2)16-19/h4-16,30H,3,17H2,1-2H3/t25-/m0/s1. The molecule has 1 aliphatic rings. The van der Waals surface area contributed by atoms with Crippen molar-refractivity contribution in [3.63, 3.8) is 0 Å². The van der Waals surface area contributed by atoms with Crippen LogP contribution in [-0.4, -0.2) is 30.0 Å². The Hall–Kier alpha value is -3.44. The zero-order valence-corrected chi connectivity index (χ0v) is 17.1. The predicted octanol–water partition coefficient (Wildman–Crippen LogP) is 3.63. The van der Waals surface area contributed by atoms with E-state index in [4.69, 9.17) is 0 Å². The molecule has 0 aromatic heterocycles. The smallest absolute Gasteiger partial charge is 0.268 e. The van der Waals surface area contributed by atoms with E-state index in [1.807, 2.05) is 62.4 Å². The summed E-state index contributed by atoms with van der Waals surface area (Å²) >= 11 is 0. The Morgan fingerprint density at radius 2 is 1.70 bits per heavy atom. The van der Waals surface area contributed by atoms with Gasteiger partial charge in [-0.05, 0) is 37.6 Å². The van der Waals surface area contributed by atoms with Crippen molar-refractivity contribution in [3.05, 3.63) is 95.6 Å². The first kappa shape index (κ1) is 19.9. The summed E-state index contributed by atoms with van der Waals surface area (Å²) in [5.41, 5.74) is 1.47. The summed E-state index contributed by atoms with van der Waals surface area (Å²) in [4.78, 5) is 29.7. The highest BCUT2D eigenvalue weighted by Crippen LogP contribution is 2.44. The molecule has 1 atom stereocenters. The number of amides is 2. The molecule has 5 nitrogen and oxygen atoms in total. The van der Waals surface area contributed by atoms with Crippen LogP contribution in [0, 0.1) is 6.92 Å². The molecular weight excluding hydrogens is 376 g/mol. The highest BCUT2D eigenvalue weighted by atomic mass is 16.3. The van der Waals surface area contributed by atoms with Gasteiger partial charge in [0.1, 0.15) is 6.54 Å². The molecule has 1 aliphatic heterocycles. The van der Waals surface area contributed by atoms with Crippen LogP contribution in [0.1, 0.15) is 23.6 Å². The Bertz CT molecular complexity index is 1100. The van der Waals surface area contributed by atoms with Crippen molar-refractivity contribution in [2.24, 2.45) is 0 Å². The van der Waals surface area contributed by atoms with Gasteiger partial charge in [0.15, 0.2) is 5.60 Å². The largest absolute Gasteiger partial charge is 0.372 e. The Morgan fingerprint density at radius 3 is 2.40 bits per heavy atom. The van der Waals surface area contributed by atoms with Gasteiger partial charge in [-0.1, -0.05) is 66.2 Å². The second kappa shape index (κ2) is 7.76. The van der Waals surface area contributed by atoms with Gasteiger partial charge in [0.25, 0.3) is 5.91 Å². The first-order valence-electron chi connectivity index (χ1n) is 10.0. The normalized spacial score (nSPS) is 17.7. The third-order valence-corrected chi connectivity index (χ3v) is 5.55. The zero-order valence-electron chi connectivity index (χ0n) is 17.1. The summed E-state index contributed by atoms with van der Waals surface area (Å²) < 4.78 is 0. The molecule has 0 spiro atoms. The molecule has 0 saturated carbocycles. The fourth-order valence-electron chi connectivity index (χ4n) is 4.07. The average molecular weight is 400 g/mol. The van der Waals surface area contributed by atoms with Crippen LogP contribution in [0.4, 0.5) is 11.4 Å². The van der Waals surface area contributed by atoms with Crippen molar-refractivity contribution in [2.45, 2.75) is 19.4 Å². The average Bonchev–Trinajstić information content (AvgIpc) is 2.98. The number of carbonyl (C=O) groups is 2. The van der Waals surface area contributed by atoms with Crippen molar-refractivity contribution in [3.8, 4) is 0 Å². The van der Waals surface area contributed by atoms with Gasteiger partial charge in [-0.25, -0.2) is 0 Å². The SMILES string of the molecule is CCN(C(=O)CN1C(=O)[C@](O)(c2cccc(C)c2)c2ccccc21)c1ccccc1. The summed E-state index contributed by atoms with van der Waals surface area (Å²) in [7, 11) is 0. The highest BCUT2D eigenvalue weighted by Gasteiger charge is 2.51. The number of carbonyl (C=O) groups excluding carboxylic acids is 2. The van der Waals surface area contributed by atoms with Gasteiger partial charge in [-0.15, -0.1) is 0 Å². The minimum atomic E-state index is -1.81. The van der Waals surface area contributed by atoms with Gasteiger partial charge in [0, 0.05) is 17.8 Å². The van der Waals surface area contributed by atoms with Crippen molar-refractivity contribution in [1.29, 1.82) is 0 Å². The van der Waals surface area contributed by atoms with Crippen LogP contribution in [0.2, 0.25) is 0 Å². The van der Waals surface area contributed by atoms with Crippen LogP contribution in [0.3, 0.4) is 0 Å². The van der Waals surface area contributed by atoms with Crippen molar-refractivity contribution >= 4 is 23.2 Å². The number of anilines is 2. The Balaban J connectivity index is 1.71. The topological polar surface area (TPSA) is 60.9 Å². The number of aryl methyl sites for hydroxylation is 1. The van der Waals surface area contributed by atoms with Gasteiger partial charge >= 0.3 is 0 Å². The van der Waals surface area contributed by atoms with Crippen LogP contribution in [0.5, 0.6) is 0 Å². The molecule has 152 valence electrons. The van der Waals surface area contributed by atoms with E-state index in [1.165, 1.54) is 4.90 Å². The minimum Gasteiger partial charge on any atom is -0.372 e. The molecule has 1 heterocycles. The molecule has 0 radical (unpaired) electrons. The molecule has 0 fully saturated rings. The molecule has 0 unspecified atom stereocenters. The summed E-state index contributed by atoms with van der Waals surface area (Å²) in [6.45, 7) is 4.15. The van der Waals surface area contributed by atoms with E-state index < -0.39 is 11.5 Å². The van der Waals surface area contributed by atoms with E-state index in [9.17, 15) is 14.7 Å². The first-order chi connectivity index (χ1) is 14.5. The molecule has 3 aromatic carbocycles. The Kier molecular flexibility index (Phi) is 5.14. The molecule has 5 heteroatoms. The fraction of sp³-hybridized carbons (Fsp3) is 0.200. The third-order valence-electron chi connectivity index (χ3n) is 5.55. The second-order valence-corrected chi connectivity index (χ2v) is 7.46. The number of nitrogens with zero attached hydrogens (tertiary/aromatic N) is 2. The van der Waals surface area contributed by atoms with E-state index in [-0.39, 0.29) is 12.5 Å². The van der Waals surface area contributed by atoms with Crippen LogP contribution in [0.25, 0.3) is 0 Å². The molecule has 1 N–H and O–H groups in total. The summed E-state index contributed by atoms with van der Waals surface area (Å²) in [6.07, 6.45) is 0. The van der Waals surface area contributed by atoms with Crippen LogP contribution >= 0.6 is 0 Å². The lowest BCUT2D eigenvalue weighted by atomic mass is 9.87. The number of para-hydroxylation sites is 2. The van der Waals surface area contributed by atoms with Gasteiger partial charge < -0.3 is 10.0 Å². The first-order valence-corrected chi connectivity index (χ1v) is 10.0. The number of hydrogen-bond acceptors (Lipinski definition) is 3. The molecule has 0 bridgehead atoms. The maximum Gasteiger partial charge on any atom is 0.268 e. The van der Waals surface area contributed by atoms with E-state index in [2.05, 4.69) is 0 Å². The highest BCUT2D eigenvalue weighted by molar-refractivity contribution is 6.13. The van der Waals surface area contributed by atoms with E-state index in [1.54, 1.807) is 35.2 Å². The number of benzene rings is 3. The lowest BCUT2D eigenvalue weighted by molar-refractivity contribution is -0.133. The molecule has 30 heavy (non-hydrogen) atoms. The van der Waals surface area contributed by atoms with Gasteiger partial charge in [0.05, 0.1) is 5.69 Å². The maximum atomic E-state index is 13.5. The Morgan fingerprint density at radius 1 is 1.00 bits per heavy atom. The Labute approximate surface area is 176 Å². The van der Waals surface area contributed by atoms with Gasteiger partial charge in [0.2, 0.25) is 5.91 Å². The van der Waals surface area contributed by atoms with Crippen LogP contribution in [0.15, 0.2) is 78.9 Å². The third kappa shape index (κ3) is 3.17. The zero-order chi connectivity index (χ0) is 21.3. The number of aliphatic hydroxyl groups is 1. The fourth-order valence-corrected chi connectivity index (χ4v) is 4.07. The van der Waals surface area contributed by atoms with Gasteiger partial charge in [-0.3, -0.25) is 14.5 Å². The number of likely N-dealkylation sites (N-methyl/N-ethyl adjacent to an activating group) is 1. The minimum absolute atomic E-state index is 0.146. The monoisotopic (exact) mass is 400 g/mol. The van der Waals surface area contributed by atoms with Crippen molar-refractivity contribution in [2.75, 3.05) is 22.9 Å². The summed E-state index contributed by atoms with van der Waals surface area (Å²) in [5, 5.41) is 11.6. The molecule has 0 saturated heterocycles. The maximum absolute atomic E-state index is 13.5. The number of hydrogen-bond donors (Lipinski definition) is 1. The predicted molar refractivity (Wildman–Crippen MR) is 117 cm³/mol. The van der Waals surface area contributed by atoms with Crippen LogP contribution in [-0.2, 0) is 15.2 Å². The van der Waals surface area contributed by atoms with E-state index in [0.717, 1.165) is 11.3 Å².